The number of nitrogens with zero attached hydrogens (tertiary/aromatic N) is 2. The fraction of sp³-hybridized carbons (Fsp3) is 0.538. The average Bonchev–Trinajstić information content (AvgIpc) is 2.76. The molecule has 0 spiro atoms. The molecule has 0 fully saturated rings. The number of aryl methyl sites for hydroxylation is 1. The van der Waals surface area contributed by atoms with Gasteiger partial charge in [0.05, 0.1) is 11.4 Å². The molecule has 100 valence electrons. The number of carbonyl (C=O) groups is 2. The third-order valence-electron chi connectivity index (χ3n) is 2.89. The van der Waals surface area contributed by atoms with Crippen LogP contribution >= 0.6 is 11.3 Å². The molecule has 1 heterocycles. The number of thiophene rings is 1. The van der Waals surface area contributed by atoms with Gasteiger partial charge in [-0.3, -0.25) is 9.59 Å². The largest absolute Gasteiger partial charge is 0.342 e. The summed E-state index contributed by atoms with van der Waals surface area (Å²) in [5.41, 5.74) is 0.965. The minimum absolute atomic E-state index is 0.00920. The summed E-state index contributed by atoms with van der Waals surface area (Å²) in [6.45, 7) is 7.27. The second-order valence-corrected chi connectivity index (χ2v) is 5.08. The van der Waals surface area contributed by atoms with E-state index >= 15 is 0 Å². The van der Waals surface area contributed by atoms with Crippen LogP contribution in [-0.4, -0.2) is 48.3 Å². The standard InChI is InChI=1S/C13H20N2O2S/c1-5-15(6-2)11(16)9-14(4)13(17)12-10(3)7-8-18-12/h7-8H,5-6,9H2,1-4H3. The molecule has 18 heavy (non-hydrogen) atoms. The van der Waals surface area contributed by atoms with Crippen LogP contribution < -0.4 is 0 Å². The third-order valence-corrected chi connectivity index (χ3v) is 3.90. The number of likely N-dealkylation sites (N-methyl/N-ethyl adjacent to an activating group) is 2. The van der Waals surface area contributed by atoms with Crippen molar-refractivity contribution in [2.75, 3.05) is 26.7 Å². The number of rotatable bonds is 5. The first kappa shape index (κ1) is 14.7. The van der Waals surface area contributed by atoms with Crippen molar-refractivity contribution in [3.8, 4) is 0 Å². The molecule has 0 aliphatic heterocycles. The summed E-state index contributed by atoms with van der Waals surface area (Å²) in [4.78, 5) is 28.0. The zero-order valence-electron chi connectivity index (χ0n) is 11.4. The number of carbonyl (C=O) groups excluding carboxylic acids is 2. The van der Waals surface area contributed by atoms with Gasteiger partial charge in [-0.05, 0) is 37.8 Å². The van der Waals surface area contributed by atoms with Crippen LogP contribution in [0.3, 0.4) is 0 Å². The lowest BCUT2D eigenvalue weighted by Crippen LogP contribution is -2.40. The molecule has 1 aromatic rings. The summed E-state index contributed by atoms with van der Waals surface area (Å²) >= 11 is 1.42. The maximum atomic E-state index is 12.1. The third kappa shape index (κ3) is 3.32. The van der Waals surface area contributed by atoms with Crippen molar-refractivity contribution in [2.45, 2.75) is 20.8 Å². The maximum absolute atomic E-state index is 12.1. The molecule has 1 rings (SSSR count). The molecule has 0 aliphatic carbocycles. The summed E-state index contributed by atoms with van der Waals surface area (Å²) in [7, 11) is 1.67. The van der Waals surface area contributed by atoms with Gasteiger partial charge in [0.1, 0.15) is 0 Å². The first-order valence-corrected chi connectivity index (χ1v) is 6.96. The van der Waals surface area contributed by atoms with Crippen molar-refractivity contribution in [2.24, 2.45) is 0 Å². The normalized spacial score (nSPS) is 10.2. The Bertz CT molecular complexity index is 424. The van der Waals surface area contributed by atoms with Crippen molar-refractivity contribution in [1.82, 2.24) is 9.80 Å². The molecule has 1 aromatic heterocycles. The Morgan fingerprint density at radius 3 is 2.33 bits per heavy atom. The summed E-state index contributed by atoms with van der Waals surface area (Å²) < 4.78 is 0. The zero-order valence-corrected chi connectivity index (χ0v) is 12.2. The fourth-order valence-corrected chi connectivity index (χ4v) is 2.64. The summed E-state index contributed by atoms with van der Waals surface area (Å²) in [6.07, 6.45) is 0. The highest BCUT2D eigenvalue weighted by Crippen LogP contribution is 2.17. The molecular weight excluding hydrogens is 248 g/mol. The van der Waals surface area contributed by atoms with Crippen LogP contribution in [0.25, 0.3) is 0 Å². The Morgan fingerprint density at radius 2 is 1.89 bits per heavy atom. The highest BCUT2D eigenvalue weighted by Gasteiger charge is 2.19. The molecule has 0 aromatic carbocycles. The first-order valence-electron chi connectivity index (χ1n) is 6.08. The van der Waals surface area contributed by atoms with Crippen molar-refractivity contribution >= 4 is 23.2 Å². The molecule has 0 saturated carbocycles. The molecule has 5 heteroatoms. The van der Waals surface area contributed by atoms with Gasteiger partial charge in [0.15, 0.2) is 0 Å². The highest BCUT2D eigenvalue weighted by molar-refractivity contribution is 7.12. The monoisotopic (exact) mass is 268 g/mol. The quantitative estimate of drug-likeness (QED) is 0.819. The second kappa shape index (κ2) is 6.54. The Hall–Kier alpha value is -1.36. The summed E-state index contributed by atoms with van der Waals surface area (Å²) in [6, 6.07) is 1.91. The van der Waals surface area contributed by atoms with Gasteiger partial charge in [-0.2, -0.15) is 0 Å². The molecule has 0 unspecified atom stereocenters. The van der Waals surface area contributed by atoms with Crippen LogP contribution in [-0.2, 0) is 4.79 Å². The van der Waals surface area contributed by atoms with Gasteiger partial charge in [0.25, 0.3) is 5.91 Å². The van der Waals surface area contributed by atoms with E-state index in [9.17, 15) is 9.59 Å². The molecule has 0 aliphatic rings. The van der Waals surface area contributed by atoms with Gasteiger partial charge in [0.2, 0.25) is 5.91 Å². The van der Waals surface area contributed by atoms with E-state index in [1.807, 2.05) is 32.2 Å². The van der Waals surface area contributed by atoms with Crippen LogP contribution in [0.5, 0.6) is 0 Å². The molecule has 2 amide bonds. The SMILES string of the molecule is CCN(CC)C(=O)CN(C)C(=O)c1sccc1C. The minimum Gasteiger partial charge on any atom is -0.342 e. The lowest BCUT2D eigenvalue weighted by molar-refractivity contribution is -0.131. The number of hydrogen-bond donors (Lipinski definition) is 0. The predicted octanol–water partition coefficient (Wildman–Crippen LogP) is 2.00. The van der Waals surface area contributed by atoms with E-state index in [-0.39, 0.29) is 18.4 Å². The predicted molar refractivity (Wildman–Crippen MR) is 73.9 cm³/mol. The van der Waals surface area contributed by atoms with Crippen molar-refractivity contribution in [1.29, 1.82) is 0 Å². The van der Waals surface area contributed by atoms with Crippen LogP contribution in [0.4, 0.5) is 0 Å². The van der Waals surface area contributed by atoms with Gasteiger partial charge in [-0.15, -0.1) is 11.3 Å². The summed E-state index contributed by atoms with van der Waals surface area (Å²) in [5, 5.41) is 1.89. The lowest BCUT2D eigenvalue weighted by atomic mass is 10.2. The van der Waals surface area contributed by atoms with E-state index in [4.69, 9.17) is 0 Å². The molecule has 4 nitrogen and oxygen atoms in total. The van der Waals surface area contributed by atoms with E-state index in [1.165, 1.54) is 16.2 Å². The van der Waals surface area contributed by atoms with E-state index in [2.05, 4.69) is 0 Å². The number of hydrogen-bond acceptors (Lipinski definition) is 3. The van der Waals surface area contributed by atoms with E-state index in [0.717, 1.165) is 5.56 Å². The highest BCUT2D eigenvalue weighted by atomic mass is 32.1. The van der Waals surface area contributed by atoms with Crippen LogP contribution in [0, 0.1) is 6.92 Å². The van der Waals surface area contributed by atoms with Crippen molar-refractivity contribution in [3.05, 3.63) is 21.9 Å². The Labute approximate surface area is 112 Å². The van der Waals surface area contributed by atoms with Gasteiger partial charge < -0.3 is 9.80 Å². The van der Waals surface area contributed by atoms with Crippen LogP contribution in [0.15, 0.2) is 11.4 Å². The number of amides is 2. The van der Waals surface area contributed by atoms with Crippen LogP contribution in [0.2, 0.25) is 0 Å². The van der Waals surface area contributed by atoms with Gasteiger partial charge >= 0.3 is 0 Å². The van der Waals surface area contributed by atoms with E-state index in [0.29, 0.717) is 18.0 Å². The van der Waals surface area contributed by atoms with Crippen molar-refractivity contribution in [3.63, 3.8) is 0 Å². The summed E-state index contributed by atoms with van der Waals surface area (Å²) in [5.74, 6) is -0.0898. The van der Waals surface area contributed by atoms with Gasteiger partial charge in [-0.25, -0.2) is 0 Å². The minimum atomic E-state index is -0.0805. The Kier molecular flexibility index (Phi) is 5.34. The second-order valence-electron chi connectivity index (χ2n) is 4.16. The fourth-order valence-electron chi connectivity index (χ4n) is 1.72. The Morgan fingerprint density at radius 1 is 1.28 bits per heavy atom. The molecule has 0 atom stereocenters. The van der Waals surface area contributed by atoms with E-state index in [1.54, 1.807) is 11.9 Å². The van der Waals surface area contributed by atoms with Crippen LogP contribution in [0.1, 0.15) is 29.1 Å². The first-order chi connectivity index (χ1) is 8.51. The zero-order chi connectivity index (χ0) is 13.7. The molecule has 0 saturated heterocycles. The Balaban J connectivity index is 2.66. The van der Waals surface area contributed by atoms with Gasteiger partial charge in [-0.1, -0.05) is 0 Å². The molecule has 0 N–H and O–H groups in total. The van der Waals surface area contributed by atoms with Crippen molar-refractivity contribution < 1.29 is 9.59 Å². The molecule has 0 radical (unpaired) electrons. The molecular formula is C13H20N2O2S. The lowest BCUT2D eigenvalue weighted by Gasteiger charge is -2.23. The average molecular weight is 268 g/mol. The smallest absolute Gasteiger partial charge is 0.264 e. The maximum Gasteiger partial charge on any atom is 0.264 e. The topological polar surface area (TPSA) is 40.6 Å². The van der Waals surface area contributed by atoms with E-state index < -0.39 is 0 Å². The van der Waals surface area contributed by atoms with Gasteiger partial charge in [0, 0.05) is 20.1 Å². The molecule has 0 bridgehead atoms.